The van der Waals surface area contributed by atoms with Gasteiger partial charge in [0, 0.05) is 6.08 Å². The van der Waals surface area contributed by atoms with Crippen LogP contribution in [0, 0.1) is 0 Å². The van der Waals surface area contributed by atoms with Crippen LogP contribution in [0.4, 0.5) is 0 Å². The molecule has 0 saturated carbocycles. The molecule has 0 unspecified atom stereocenters. The first-order chi connectivity index (χ1) is 10.8. The first kappa shape index (κ1) is 20.9. The highest BCUT2D eigenvalue weighted by atomic mass is 16.5. The maximum Gasteiger partial charge on any atom is 0.330 e. The summed E-state index contributed by atoms with van der Waals surface area (Å²) in [4.78, 5) is 11.1. The molecule has 128 valence electrons. The molecule has 2 heteroatoms. The van der Waals surface area contributed by atoms with E-state index in [4.69, 9.17) is 4.74 Å². The lowest BCUT2D eigenvalue weighted by atomic mass is 10.1. The Balaban J connectivity index is 3.17. The first-order valence-corrected chi connectivity index (χ1v) is 9.29. The van der Waals surface area contributed by atoms with E-state index in [0.717, 1.165) is 6.42 Å². The van der Waals surface area contributed by atoms with Crippen LogP contribution in [0.25, 0.3) is 0 Å². The summed E-state index contributed by atoms with van der Waals surface area (Å²) in [5, 5.41) is 0. The summed E-state index contributed by atoms with van der Waals surface area (Å²) in [7, 11) is 0. The molecule has 0 rings (SSSR count). The van der Waals surface area contributed by atoms with Gasteiger partial charge in [-0.3, -0.25) is 0 Å². The fraction of sp³-hybridized carbons (Fsp3) is 0.750. The number of allylic oxidation sites excluding steroid dienone is 3. The maximum absolute atomic E-state index is 11.1. The summed E-state index contributed by atoms with van der Waals surface area (Å²) in [5.41, 5.74) is 0. The van der Waals surface area contributed by atoms with Gasteiger partial charge in [-0.1, -0.05) is 70.1 Å². The van der Waals surface area contributed by atoms with Crippen molar-refractivity contribution >= 4 is 5.97 Å². The Kier molecular flexibility index (Phi) is 17.1. The molecule has 0 atom stereocenters. The molecule has 0 amide bonds. The van der Waals surface area contributed by atoms with Crippen molar-refractivity contribution in [1.82, 2.24) is 0 Å². The van der Waals surface area contributed by atoms with Gasteiger partial charge in [0.05, 0.1) is 6.61 Å². The quantitative estimate of drug-likeness (QED) is 0.152. The van der Waals surface area contributed by atoms with E-state index in [9.17, 15) is 4.79 Å². The first-order valence-electron chi connectivity index (χ1n) is 9.29. The van der Waals surface area contributed by atoms with Crippen LogP contribution in [0.15, 0.2) is 24.3 Å². The van der Waals surface area contributed by atoms with Gasteiger partial charge in [0.25, 0.3) is 0 Å². The molecule has 0 aliphatic rings. The molecular formula is C20H36O2. The lowest BCUT2D eigenvalue weighted by Gasteiger charge is -2.00. The topological polar surface area (TPSA) is 26.3 Å². The third-order valence-corrected chi connectivity index (χ3v) is 3.67. The molecule has 0 spiro atoms. The molecule has 0 radical (unpaired) electrons. The van der Waals surface area contributed by atoms with E-state index in [1.807, 2.05) is 13.0 Å². The largest absolute Gasteiger partial charge is 0.463 e. The Morgan fingerprint density at radius 1 is 0.727 bits per heavy atom. The number of ether oxygens (including phenoxy) is 1. The minimum absolute atomic E-state index is 0.216. The average Bonchev–Trinajstić information content (AvgIpc) is 2.51. The fourth-order valence-electron chi connectivity index (χ4n) is 2.34. The molecule has 22 heavy (non-hydrogen) atoms. The van der Waals surface area contributed by atoms with E-state index in [-0.39, 0.29) is 5.97 Å². The number of esters is 1. The molecule has 0 aromatic rings. The van der Waals surface area contributed by atoms with E-state index in [2.05, 4.69) is 19.1 Å². The summed E-state index contributed by atoms with van der Waals surface area (Å²) < 4.78 is 4.83. The molecule has 0 bridgehead atoms. The van der Waals surface area contributed by atoms with Crippen LogP contribution in [0.5, 0.6) is 0 Å². The fourth-order valence-corrected chi connectivity index (χ4v) is 2.34. The zero-order chi connectivity index (χ0) is 16.3. The van der Waals surface area contributed by atoms with Crippen molar-refractivity contribution in [3.63, 3.8) is 0 Å². The van der Waals surface area contributed by atoms with Gasteiger partial charge in [0.1, 0.15) is 0 Å². The highest BCUT2D eigenvalue weighted by Crippen LogP contribution is 2.10. The van der Waals surface area contributed by atoms with E-state index in [1.54, 1.807) is 6.08 Å². The number of hydrogen-bond acceptors (Lipinski definition) is 2. The van der Waals surface area contributed by atoms with E-state index < -0.39 is 0 Å². The van der Waals surface area contributed by atoms with Crippen molar-refractivity contribution < 1.29 is 9.53 Å². The number of carbonyl (C=O) groups is 1. The lowest BCUT2D eigenvalue weighted by Crippen LogP contribution is -1.98. The van der Waals surface area contributed by atoms with Gasteiger partial charge in [-0.25, -0.2) is 4.79 Å². The summed E-state index contributed by atoms with van der Waals surface area (Å²) in [6.07, 6.45) is 23.5. The normalized spacial score (nSPS) is 11.5. The van der Waals surface area contributed by atoms with Gasteiger partial charge >= 0.3 is 5.97 Å². The second-order valence-corrected chi connectivity index (χ2v) is 5.82. The van der Waals surface area contributed by atoms with Crippen LogP contribution in [0.2, 0.25) is 0 Å². The molecule has 0 aromatic heterocycles. The molecule has 0 heterocycles. The molecule has 0 aliphatic heterocycles. The number of rotatable bonds is 15. The smallest absolute Gasteiger partial charge is 0.330 e. The van der Waals surface area contributed by atoms with Gasteiger partial charge in [0.2, 0.25) is 0 Å². The highest BCUT2D eigenvalue weighted by molar-refractivity contribution is 5.81. The standard InChI is InChI=1S/C20H36O2/c1-3-5-6-7-8-9-10-11-12-13-14-15-16-17-18-19-20(21)22-4-2/h7-8,18-19H,3-6,9-17H2,1-2H3/b8-7-,19-18+. The second-order valence-electron chi connectivity index (χ2n) is 5.82. The molecule has 0 aliphatic carbocycles. The minimum atomic E-state index is -0.216. The van der Waals surface area contributed by atoms with Crippen molar-refractivity contribution in [3.8, 4) is 0 Å². The molecular weight excluding hydrogens is 272 g/mol. The molecule has 0 aromatic carbocycles. The maximum atomic E-state index is 11.1. The van der Waals surface area contributed by atoms with Crippen molar-refractivity contribution in [3.05, 3.63) is 24.3 Å². The SMILES string of the molecule is CCCC/C=C\CCCCCCCCC/C=C/C(=O)OCC. The monoisotopic (exact) mass is 308 g/mol. The number of unbranched alkanes of at least 4 members (excludes halogenated alkanes) is 10. The predicted molar refractivity (Wildman–Crippen MR) is 96.0 cm³/mol. The van der Waals surface area contributed by atoms with Gasteiger partial charge in [-0.15, -0.1) is 0 Å². The van der Waals surface area contributed by atoms with E-state index >= 15 is 0 Å². The molecule has 0 N–H and O–H groups in total. The molecule has 2 nitrogen and oxygen atoms in total. The molecule has 0 fully saturated rings. The summed E-state index contributed by atoms with van der Waals surface area (Å²) in [5.74, 6) is -0.216. The zero-order valence-corrected chi connectivity index (χ0v) is 14.8. The summed E-state index contributed by atoms with van der Waals surface area (Å²) in [6.45, 7) is 4.52. The van der Waals surface area contributed by atoms with Crippen LogP contribution >= 0.6 is 0 Å². The summed E-state index contributed by atoms with van der Waals surface area (Å²) >= 11 is 0. The van der Waals surface area contributed by atoms with Gasteiger partial charge < -0.3 is 4.74 Å². The third-order valence-electron chi connectivity index (χ3n) is 3.67. The second kappa shape index (κ2) is 18.0. The Labute approximate surface area is 138 Å². The lowest BCUT2D eigenvalue weighted by molar-refractivity contribution is -0.137. The van der Waals surface area contributed by atoms with Crippen molar-refractivity contribution in [1.29, 1.82) is 0 Å². The van der Waals surface area contributed by atoms with E-state index in [0.29, 0.717) is 6.61 Å². The zero-order valence-electron chi connectivity index (χ0n) is 14.8. The number of hydrogen-bond donors (Lipinski definition) is 0. The summed E-state index contributed by atoms with van der Waals surface area (Å²) in [6, 6.07) is 0. The Hall–Kier alpha value is -1.05. The van der Waals surface area contributed by atoms with Crippen LogP contribution in [-0.4, -0.2) is 12.6 Å². The average molecular weight is 309 g/mol. The highest BCUT2D eigenvalue weighted by Gasteiger charge is 1.93. The van der Waals surface area contributed by atoms with Gasteiger partial charge in [0.15, 0.2) is 0 Å². The Morgan fingerprint density at radius 3 is 1.77 bits per heavy atom. The Bertz CT molecular complexity index is 292. The van der Waals surface area contributed by atoms with Crippen LogP contribution < -0.4 is 0 Å². The number of carbonyl (C=O) groups excluding carboxylic acids is 1. The van der Waals surface area contributed by atoms with Crippen molar-refractivity contribution in [2.75, 3.05) is 6.61 Å². The van der Waals surface area contributed by atoms with Crippen LogP contribution in [-0.2, 0) is 9.53 Å². The van der Waals surface area contributed by atoms with E-state index in [1.165, 1.54) is 70.6 Å². The van der Waals surface area contributed by atoms with Crippen LogP contribution in [0.3, 0.4) is 0 Å². The predicted octanol–water partition coefficient (Wildman–Crippen LogP) is 6.36. The van der Waals surface area contributed by atoms with Crippen molar-refractivity contribution in [2.24, 2.45) is 0 Å². The van der Waals surface area contributed by atoms with Crippen molar-refractivity contribution in [2.45, 2.75) is 90.9 Å². The van der Waals surface area contributed by atoms with Crippen LogP contribution in [0.1, 0.15) is 90.9 Å². The Morgan fingerprint density at radius 2 is 1.23 bits per heavy atom. The minimum Gasteiger partial charge on any atom is -0.463 e. The van der Waals surface area contributed by atoms with Gasteiger partial charge in [-0.05, 0) is 39.0 Å². The molecule has 0 saturated heterocycles. The third kappa shape index (κ3) is 17.0. The van der Waals surface area contributed by atoms with Gasteiger partial charge in [-0.2, -0.15) is 0 Å².